The molecule has 0 radical (unpaired) electrons. The lowest BCUT2D eigenvalue weighted by atomic mass is 9.87. The van der Waals surface area contributed by atoms with Crippen LogP contribution in [0.5, 0.6) is 0 Å². The molecule has 1 saturated carbocycles. The number of aromatic nitrogens is 3. The highest BCUT2D eigenvalue weighted by atomic mass is 35.5. The van der Waals surface area contributed by atoms with Crippen molar-refractivity contribution in [3.05, 3.63) is 116 Å². The molecule has 0 bridgehead atoms. The molecule has 3 heterocycles. The first-order valence-corrected chi connectivity index (χ1v) is 13.8. The van der Waals surface area contributed by atoms with E-state index in [2.05, 4.69) is 15.0 Å². The summed E-state index contributed by atoms with van der Waals surface area (Å²) < 4.78 is 23.0. The number of aromatic amines is 1. The Bertz CT molecular complexity index is 1640. The molecular weight excluding hydrogens is 570 g/mol. The average molecular weight is 597 g/mol. The number of H-pyrrole nitrogens is 1. The zero-order chi connectivity index (χ0) is 29.2. The predicted octanol–water partition coefficient (Wildman–Crippen LogP) is 5.21. The normalized spacial score (nSPS) is 20.7. The van der Waals surface area contributed by atoms with Gasteiger partial charge in [-0.05, 0) is 68.7 Å². The van der Waals surface area contributed by atoms with E-state index in [-0.39, 0.29) is 35.7 Å². The van der Waals surface area contributed by atoms with E-state index in [0.717, 1.165) is 0 Å². The van der Waals surface area contributed by atoms with Crippen LogP contribution in [0.1, 0.15) is 64.0 Å². The SMILES string of the molecule is Cc1cnc([C@](C)(O)c2cc(F)c3c(c2)C(=O)N(Cc2ccc(Cl)cn2)[C@@]3(OCC2(O)CC2)c2ccc(Cl)cc2)[nH]1. The Balaban J connectivity index is 1.56. The minimum Gasteiger partial charge on any atom is -0.387 e. The zero-order valence-electron chi connectivity index (χ0n) is 22.3. The highest BCUT2D eigenvalue weighted by Crippen LogP contribution is 2.50. The molecule has 1 fully saturated rings. The zero-order valence-corrected chi connectivity index (χ0v) is 23.8. The second-order valence-electron chi connectivity index (χ2n) is 10.9. The van der Waals surface area contributed by atoms with Crippen molar-refractivity contribution in [2.45, 2.75) is 50.2 Å². The smallest absolute Gasteiger partial charge is 0.257 e. The van der Waals surface area contributed by atoms with E-state index in [9.17, 15) is 15.0 Å². The fraction of sp³-hybridized carbons (Fsp3) is 0.300. The minimum atomic E-state index is -1.77. The Labute approximate surface area is 245 Å². The quantitative estimate of drug-likeness (QED) is 0.257. The van der Waals surface area contributed by atoms with Crippen molar-refractivity contribution in [3.63, 3.8) is 0 Å². The summed E-state index contributed by atoms with van der Waals surface area (Å²) in [5.74, 6) is -1.10. The highest BCUT2D eigenvalue weighted by molar-refractivity contribution is 6.30. The number of halogens is 3. The molecule has 1 aliphatic heterocycles. The molecule has 2 aromatic carbocycles. The molecule has 2 aromatic heterocycles. The van der Waals surface area contributed by atoms with Gasteiger partial charge in [0.15, 0.2) is 5.72 Å². The maximum Gasteiger partial charge on any atom is 0.257 e. The number of fused-ring (bicyclic) bond motifs is 1. The van der Waals surface area contributed by atoms with E-state index < -0.39 is 28.7 Å². The number of nitrogens with one attached hydrogen (secondary N) is 1. The lowest BCUT2D eigenvalue weighted by molar-refractivity contribution is -0.139. The number of aliphatic hydroxyl groups is 2. The van der Waals surface area contributed by atoms with Gasteiger partial charge in [-0.2, -0.15) is 0 Å². The summed E-state index contributed by atoms with van der Waals surface area (Å²) in [6.45, 7) is 3.06. The molecule has 8 nitrogen and oxygen atoms in total. The van der Waals surface area contributed by atoms with Crippen LogP contribution in [0.3, 0.4) is 0 Å². The summed E-state index contributed by atoms with van der Waals surface area (Å²) in [5, 5.41) is 23.1. The first kappa shape index (κ1) is 27.8. The summed E-state index contributed by atoms with van der Waals surface area (Å²) in [6, 6.07) is 12.6. The molecule has 0 saturated heterocycles. The number of hydrogen-bond donors (Lipinski definition) is 3. The van der Waals surface area contributed by atoms with Crippen LogP contribution in [0.2, 0.25) is 10.0 Å². The van der Waals surface area contributed by atoms with Gasteiger partial charge in [0.25, 0.3) is 5.91 Å². The van der Waals surface area contributed by atoms with Crippen LogP contribution < -0.4 is 0 Å². The molecular formula is C30H27Cl2FN4O4. The number of ether oxygens (including phenoxy) is 1. The van der Waals surface area contributed by atoms with Gasteiger partial charge in [-0.15, -0.1) is 0 Å². The third-order valence-electron chi connectivity index (χ3n) is 7.73. The van der Waals surface area contributed by atoms with Crippen LogP contribution in [0, 0.1) is 12.7 Å². The van der Waals surface area contributed by atoms with E-state index in [1.54, 1.807) is 49.5 Å². The summed E-state index contributed by atoms with van der Waals surface area (Å²) >= 11 is 12.2. The van der Waals surface area contributed by atoms with E-state index in [1.165, 1.54) is 30.2 Å². The van der Waals surface area contributed by atoms with E-state index in [0.29, 0.717) is 39.8 Å². The van der Waals surface area contributed by atoms with Gasteiger partial charge < -0.3 is 19.9 Å². The average Bonchev–Trinajstić information content (AvgIpc) is 3.42. The summed E-state index contributed by atoms with van der Waals surface area (Å²) in [4.78, 5) is 27.2. The van der Waals surface area contributed by atoms with Crippen LogP contribution >= 0.6 is 23.2 Å². The first-order chi connectivity index (χ1) is 19.4. The van der Waals surface area contributed by atoms with Gasteiger partial charge in [0.2, 0.25) is 0 Å². The molecule has 4 aromatic rings. The summed E-state index contributed by atoms with van der Waals surface area (Å²) in [5.41, 5.74) is -2.83. The molecule has 0 unspecified atom stereocenters. The van der Waals surface area contributed by atoms with Crippen molar-refractivity contribution in [1.29, 1.82) is 0 Å². The lowest BCUT2D eigenvalue weighted by Crippen LogP contribution is -2.48. The molecule has 212 valence electrons. The number of amides is 1. The molecule has 3 N–H and O–H groups in total. The van der Waals surface area contributed by atoms with E-state index >= 15 is 4.39 Å². The van der Waals surface area contributed by atoms with Crippen LogP contribution in [0.4, 0.5) is 4.39 Å². The van der Waals surface area contributed by atoms with Gasteiger partial charge in [-0.3, -0.25) is 14.7 Å². The van der Waals surface area contributed by atoms with Crippen molar-refractivity contribution in [2.24, 2.45) is 0 Å². The van der Waals surface area contributed by atoms with Gasteiger partial charge in [0, 0.05) is 28.7 Å². The van der Waals surface area contributed by atoms with Crippen LogP contribution in [-0.2, 0) is 22.6 Å². The fourth-order valence-electron chi connectivity index (χ4n) is 5.20. The Kier molecular flexibility index (Phi) is 6.71. The maximum absolute atomic E-state index is 16.5. The molecule has 41 heavy (non-hydrogen) atoms. The number of aryl methyl sites for hydroxylation is 1. The molecule has 11 heteroatoms. The van der Waals surface area contributed by atoms with Crippen molar-refractivity contribution in [1.82, 2.24) is 19.9 Å². The van der Waals surface area contributed by atoms with Gasteiger partial charge in [0.05, 0.1) is 40.6 Å². The number of pyridine rings is 1. The monoisotopic (exact) mass is 596 g/mol. The predicted molar refractivity (Wildman–Crippen MR) is 150 cm³/mol. The summed E-state index contributed by atoms with van der Waals surface area (Å²) in [7, 11) is 0. The number of imidazole rings is 1. The molecule has 1 aliphatic carbocycles. The molecule has 0 spiro atoms. The van der Waals surface area contributed by atoms with E-state index in [1.807, 2.05) is 0 Å². The second-order valence-corrected chi connectivity index (χ2v) is 11.8. The number of rotatable bonds is 8. The van der Waals surface area contributed by atoms with Crippen LogP contribution in [-0.4, -0.2) is 48.2 Å². The number of carbonyl (C=O) groups is 1. The van der Waals surface area contributed by atoms with Crippen LogP contribution in [0.25, 0.3) is 0 Å². The largest absolute Gasteiger partial charge is 0.387 e. The molecule has 2 atom stereocenters. The second kappa shape index (κ2) is 9.89. The Morgan fingerprint density at radius 1 is 1.10 bits per heavy atom. The van der Waals surface area contributed by atoms with Crippen molar-refractivity contribution < 1.29 is 24.1 Å². The molecule has 6 rings (SSSR count). The van der Waals surface area contributed by atoms with Crippen molar-refractivity contribution in [3.8, 4) is 0 Å². The van der Waals surface area contributed by atoms with Crippen molar-refractivity contribution >= 4 is 29.1 Å². The van der Waals surface area contributed by atoms with Crippen molar-refractivity contribution in [2.75, 3.05) is 6.61 Å². The lowest BCUT2D eigenvalue weighted by Gasteiger charge is -2.40. The first-order valence-electron chi connectivity index (χ1n) is 13.1. The van der Waals surface area contributed by atoms with Gasteiger partial charge >= 0.3 is 0 Å². The third kappa shape index (κ3) is 4.81. The Morgan fingerprint density at radius 2 is 1.80 bits per heavy atom. The summed E-state index contributed by atoms with van der Waals surface area (Å²) in [6.07, 6.45) is 4.07. The Morgan fingerprint density at radius 3 is 2.41 bits per heavy atom. The third-order valence-corrected chi connectivity index (χ3v) is 8.21. The fourth-order valence-corrected chi connectivity index (χ4v) is 5.44. The highest BCUT2D eigenvalue weighted by Gasteiger charge is 2.56. The standard InChI is InChI=1S/C30H27Cl2FN4O4/c1-17-13-35-27(36-17)28(2,39)19-11-23-25(24(33)12-19)30(41-16-29(40)9-10-29,18-3-5-20(31)6-4-18)37(26(23)38)15-22-8-7-21(32)14-34-22/h3-8,11-14,39-40H,9-10,15-16H2,1-2H3,(H,35,36)/t28-,30-/m1/s1. The number of benzene rings is 2. The van der Waals surface area contributed by atoms with Gasteiger partial charge in [-0.25, -0.2) is 9.37 Å². The number of nitrogens with zero attached hydrogens (tertiary/aromatic N) is 3. The Hall–Kier alpha value is -3.34. The van der Waals surface area contributed by atoms with Crippen LogP contribution in [0.15, 0.2) is 60.9 Å². The maximum atomic E-state index is 16.5. The van der Waals surface area contributed by atoms with Gasteiger partial charge in [-0.1, -0.05) is 35.3 Å². The molecule has 1 amide bonds. The number of carbonyl (C=O) groups excluding carboxylic acids is 1. The molecule has 2 aliphatic rings. The topological polar surface area (TPSA) is 112 Å². The number of hydrogen-bond acceptors (Lipinski definition) is 6. The van der Waals surface area contributed by atoms with E-state index in [4.69, 9.17) is 27.9 Å². The minimum absolute atomic E-state index is 0.00949. The van der Waals surface area contributed by atoms with Gasteiger partial charge in [0.1, 0.15) is 17.2 Å².